The molecule has 0 aliphatic heterocycles. The first kappa shape index (κ1) is 10.5. The van der Waals surface area contributed by atoms with Gasteiger partial charge in [0.15, 0.2) is 0 Å². The van der Waals surface area contributed by atoms with Crippen LogP contribution in [0.1, 0.15) is 0 Å². The molecule has 1 aromatic rings. The fourth-order valence-corrected chi connectivity index (χ4v) is 1.32. The van der Waals surface area contributed by atoms with E-state index in [0.29, 0.717) is 12.2 Å². The number of nitrogens with one attached hydrogen (secondary N) is 2. The molecule has 13 heavy (non-hydrogen) atoms. The van der Waals surface area contributed by atoms with E-state index in [0.717, 1.165) is 11.0 Å². The van der Waals surface area contributed by atoms with E-state index < -0.39 is 0 Å². The lowest BCUT2D eigenvalue weighted by Crippen LogP contribution is -2.18. The summed E-state index contributed by atoms with van der Waals surface area (Å²) in [6, 6.07) is 4.84. The Morgan fingerprint density at radius 1 is 1.38 bits per heavy atom. The van der Waals surface area contributed by atoms with Crippen molar-refractivity contribution in [2.45, 2.75) is 0 Å². The Balaban J connectivity index is 2.59. The molecule has 0 atom stereocenters. The van der Waals surface area contributed by atoms with Crippen LogP contribution in [0.5, 0.6) is 0 Å². The number of benzene rings is 1. The molecule has 0 aliphatic carbocycles. The van der Waals surface area contributed by atoms with Crippen LogP contribution >= 0.6 is 15.9 Å². The Kier molecular flexibility index (Phi) is 4.18. The van der Waals surface area contributed by atoms with Crippen LogP contribution in [0, 0.1) is 5.82 Å². The standard InChI is InChI=1S/C9H12BrFN2/c1-12-4-5-13-9-6-7(10)2-3-8(9)11/h2-3,6,12-13H,4-5H2,1H3. The number of halogens is 2. The highest BCUT2D eigenvalue weighted by Crippen LogP contribution is 2.19. The summed E-state index contributed by atoms with van der Waals surface area (Å²) < 4.78 is 14.0. The topological polar surface area (TPSA) is 24.1 Å². The molecule has 0 aromatic heterocycles. The van der Waals surface area contributed by atoms with E-state index in [-0.39, 0.29) is 5.82 Å². The first-order valence-corrected chi connectivity index (χ1v) is 4.87. The second-order valence-corrected chi connectivity index (χ2v) is 3.57. The van der Waals surface area contributed by atoms with Crippen LogP contribution in [0.2, 0.25) is 0 Å². The maximum absolute atomic E-state index is 13.1. The molecule has 0 radical (unpaired) electrons. The summed E-state index contributed by atoms with van der Waals surface area (Å²) in [5.41, 5.74) is 0.532. The normalized spacial score (nSPS) is 10.1. The molecule has 0 saturated heterocycles. The van der Waals surface area contributed by atoms with Crippen molar-refractivity contribution >= 4 is 21.6 Å². The molecule has 2 N–H and O–H groups in total. The first-order valence-electron chi connectivity index (χ1n) is 4.07. The van der Waals surface area contributed by atoms with Crippen molar-refractivity contribution in [3.8, 4) is 0 Å². The third-order valence-corrected chi connectivity index (χ3v) is 2.11. The van der Waals surface area contributed by atoms with Crippen LogP contribution in [-0.4, -0.2) is 20.1 Å². The van der Waals surface area contributed by atoms with Crippen molar-refractivity contribution < 1.29 is 4.39 Å². The van der Waals surface area contributed by atoms with Gasteiger partial charge in [-0.2, -0.15) is 0 Å². The maximum Gasteiger partial charge on any atom is 0.146 e. The van der Waals surface area contributed by atoms with Gasteiger partial charge in [0, 0.05) is 17.6 Å². The minimum absolute atomic E-state index is 0.223. The van der Waals surface area contributed by atoms with Crippen LogP contribution in [0.15, 0.2) is 22.7 Å². The van der Waals surface area contributed by atoms with E-state index in [4.69, 9.17) is 0 Å². The van der Waals surface area contributed by atoms with Gasteiger partial charge in [-0.05, 0) is 25.2 Å². The minimum Gasteiger partial charge on any atom is -0.381 e. The number of hydrogen-bond acceptors (Lipinski definition) is 2. The zero-order chi connectivity index (χ0) is 9.68. The molecule has 0 spiro atoms. The fraction of sp³-hybridized carbons (Fsp3) is 0.333. The Morgan fingerprint density at radius 2 is 2.15 bits per heavy atom. The summed E-state index contributed by atoms with van der Waals surface area (Å²) in [6.45, 7) is 1.52. The van der Waals surface area contributed by atoms with E-state index in [2.05, 4.69) is 26.6 Å². The predicted octanol–water partition coefficient (Wildman–Crippen LogP) is 2.22. The van der Waals surface area contributed by atoms with Gasteiger partial charge in [-0.3, -0.25) is 0 Å². The quantitative estimate of drug-likeness (QED) is 0.797. The van der Waals surface area contributed by atoms with E-state index in [1.807, 2.05) is 7.05 Å². The molecular formula is C9H12BrFN2. The third-order valence-electron chi connectivity index (χ3n) is 1.62. The monoisotopic (exact) mass is 246 g/mol. The average molecular weight is 247 g/mol. The lowest BCUT2D eigenvalue weighted by atomic mass is 10.3. The molecule has 2 nitrogen and oxygen atoms in total. The van der Waals surface area contributed by atoms with Gasteiger partial charge in [-0.1, -0.05) is 15.9 Å². The maximum atomic E-state index is 13.1. The van der Waals surface area contributed by atoms with Gasteiger partial charge in [0.1, 0.15) is 5.82 Å². The van der Waals surface area contributed by atoms with Crippen molar-refractivity contribution in [2.75, 3.05) is 25.5 Å². The summed E-state index contributed by atoms with van der Waals surface area (Å²) >= 11 is 3.28. The van der Waals surface area contributed by atoms with E-state index >= 15 is 0 Å². The van der Waals surface area contributed by atoms with Crippen LogP contribution in [-0.2, 0) is 0 Å². The van der Waals surface area contributed by atoms with Crippen molar-refractivity contribution in [3.63, 3.8) is 0 Å². The third kappa shape index (κ3) is 3.32. The summed E-state index contributed by atoms with van der Waals surface area (Å²) in [5.74, 6) is -0.223. The fourth-order valence-electron chi connectivity index (χ4n) is 0.955. The van der Waals surface area contributed by atoms with Gasteiger partial charge >= 0.3 is 0 Å². The molecule has 0 fully saturated rings. The van der Waals surface area contributed by atoms with Crippen LogP contribution in [0.4, 0.5) is 10.1 Å². The molecule has 0 bridgehead atoms. The highest BCUT2D eigenvalue weighted by molar-refractivity contribution is 9.10. The largest absolute Gasteiger partial charge is 0.381 e. The zero-order valence-electron chi connectivity index (χ0n) is 7.40. The molecule has 0 amide bonds. The van der Waals surface area contributed by atoms with Crippen LogP contribution in [0.25, 0.3) is 0 Å². The molecule has 0 unspecified atom stereocenters. The second kappa shape index (κ2) is 5.19. The van der Waals surface area contributed by atoms with Crippen molar-refractivity contribution in [2.24, 2.45) is 0 Å². The van der Waals surface area contributed by atoms with Crippen molar-refractivity contribution in [3.05, 3.63) is 28.5 Å². The smallest absolute Gasteiger partial charge is 0.146 e. The van der Waals surface area contributed by atoms with Gasteiger partial charge in [0.05, 0.1) is 5.69 Å². The van der Waals surface area contributed by atoms with Gasteiger partial charge in [0.2, 0.25) is 0 Å². The minimum atomic E-state index is -0.223. The van der Waals surface area contributed by atoms with Crippen molar-refractivity contribution in [1.29, 1.82) is 0 Å². The van der Waals surface area contributed by atoms with Gasteiger partial charge < -0.3 is 10.6 Å². The average Bonchev–Trinajstić information content (AvgIpc) is 2.11. The van der Waals surface area contributed by atoms with Crippen LogP contribution in [0.3, 0.4) is 0 Å². The molecule has 1 rings (SSSR count). The SMILES string of the molecule is CNCCNc1cc(Br)ccc1F. The van der Waals surface area contributed by atoms with E-state index in [1.165, 1.54) is 6.07 Å². The molecule has 1 aromatic carbocycles. The Hall–Kier alpha value is -0.610. The van der Waals surface area contributed by atoms with E-state index in [9.17, 15) is 4.39 Å². The summed E-state index contributed by atoms with van der Waals surface area (Å²) in [4.78, 5) is 0. The second-order valence-electron chi connectivity index (χ2n) is 2.65. The Bertz CT molecular complexity index is 278. The molecular weight excluding hydrogens is 235 g/mol. The molecule has 4 heteroatoms. The summed E-state index contributed by atoms with van der Waals surface area (Å²) in [5, 5.41) is 5.96. The molecule has 0 aliphatic rings. The number of likely N-dealkylation sites (N-methyl/N-ethyl adjacent to an activating group) is 1. The van der Waals surface area contributed by atoms with Crippen LogP contribution < -0.4 is 10.6 Å². The van der Waals surface area contributed by atoms with Gasteiger partial charge in [0.25, 0.3) is 0 Å². The summed E-state index contributed by atoms with van der Waals surface area (Å²) in [7, 11) is 1.86. The van der Waals surface area contributed by atoms with Gasteiger partial charge in [-0.15, -0.1) is 0 Å². The summed E-state index contributed by atoms with van der Waals surface area (Å²) in [6.07, 6.45) is 0. The molecule has 0 heterocycles. The highest BCUT2D eigenvalue weighted by Gasteiger charge is 2.00. The predicted molar refractivity (Wildman–Crippen MR) is 56.5 cm³/mol. The van der Waals surface area contributed by atoms with Gasteiger partial charge in [-0.25, -0.2) is 4.39 Å². The first-order chi connectivity index (χ1) is 6.24. The molecule has 0 saturated carbocycles. The lowest BCUT2D eigenvalue weighted by molar-refractivity contribution is 0.629. The lowest BCUT2D eigenvalue weighted by Gasteiger charge is -2.07. The highest BCUT2D eigenvalue weighted by atomic mass is 79.9. The number of hydrogen-bond donors (Lipinski definition) is 2. The van der Waals surface area contributed by atoms with E-state index in [1.54, 1.807) is 12.1 Å². The number of anilines is 1. The van der Waals surface area contributed by atoms with Crippen molar-refractivity contribution in [1.82, 2.24) is 5.32 Å². The number of rotatable bonds is 4. The molecule has 72 valence electrons. The zero-order valence-corrected chi connectivity index (χ0v) is 8.99. The Morgan fingerprint density at radius 3 is 2.85 bits per heavy atom. The Labute approximate surface area is 85.7 Å².